The maximum Gasteiger partial charge on any atom is 0.304 e. The van der Waals surface area contributed by atoms with Crippen LogP contribution in [0.3, 0.4) is 0 Å². The fraction of sp³-hybridized carbons (Fsp3) is 0.800. The lowest BCUT2D eigenvalue weighted by molar-refractivity contribution is -0.137. The summed E-state index contributed by atoms with van der Waals surface area (Å²) in [4.78, 5) is 12.3. The van der Waals surface area contributed by atoms with Crippen LogP contribution in [0.1, 0.15) is 13.3 Å². The highest BCUT2D eigenvalue weighted by Gasteiger charge is 2.31. The van der Waals surface area contributed by atoms with Crippen LogP contribution < -0.4 is 0 Å². The summed E-state index contributed by atoms with van der Waals surface area (Å²) < 4.78 is 25.1. The maximum absolute atomic E-state index is 11.9. The normalized spacial score (nSPS) is 20.2. The summed E-state index contributed by atoms with van der Waals surface area (Å²) >= 11 is 0. The summed E-state index contributed by atoms with van der Waals surface area (Å²) in [5.41, 5.74) is 0. The first-order chi connectivity index (χ1) is 8.37. The van der Waals surface area contributed by atoms with E-state index >= 15 is 0 Å². The van der Waals surface area contributed by atoms with E-state index in [-0.39, 0.29) is 6.42 Å². The van der Waals surface area contributed by atoms with Gasteiger partial charge in [0.1, 0.15) is 0 Å². The van der Waals surface area contributed by atoms with Crippen LogP contribution in [0.25, 0.3) is 0 Å². The van der Waals surface area contributed by atoms with Gasteiger partial charge in [-0.1, -0.05) is 0 Å². The summed E-state index contributed by atoms with van der Waals surface area (Å²) in [7, 11) is -3.54. The molecule has 0 bridgehead atoms. The lowest BCUT2D eigenvalue weighted by Crippen LogP contribution is -2.50. The number of rotatable bonds is 5. The van der Waals surface area contributed by atoms with E-state index in [1.165, 1.54) is 11.2 Å². The zero-order chi connectivity index (χ0) is 13.8. The molecule has 1 saturated heterocycles. The molecule has 0 aromatic carbocycles. The number of hydrogen-bond donors (Lipinski definition) is 1. The van der Waals surface area contributed by atoms with Gasteiger partial charge in [0.05, 0.1) is 12.5 Å². The van der Waals surface area contributed by atoms with Gasteiger partial charge >= 0.3 is 5.97 Å². The van der Waals surface area contributed by atoms with Crippen molar-refractivity contribution in [2.75, 3.05) is 32.7 Å². The fourth-order valence-electron chi connectivity index (χ4n) is 1.75. The van der Waals surface area contributed by atoms with Crippen LogP contribution in [0.4, 0.5) is 0 Å². The summed E-state index contributed by atoms with van der Waals surface area (Å²) in [6.07, 6.45) is 0.0569. The molecular formula is C10H17N3O4S. The van der Waals surface area contributed by atoms with Crippen LogP contribution >= 0.6 is 0 Å². The second-order valence-electron chi connectivity index (χ2n) is 4.20. The van der Waals surface area contributed by atoms with Gasteiger partial charge in [0, 0.05) is 32.7 Å². The zero-order valence-electron chi connectivity index (χ0n) is 10.2. The highest BCUT2D eigenvalue weighted by molar-refractivity contribution is 7.89. The molecule has 1 fully saturated rings. The molecule has 8 heteroatoms. The molecule has 0 aromatic rings. The van der Waals surface area contributed by atoms with Crippen LogP contribution in [0.2, 0.25) is 0 Å². The second-order valence-corrected chi connectivity index (χ2v) is 6.45. The smallest absolute Gasteiger partial charge is 0.304 e. The molecule has 1 rings (SSSR count). The monoisotopic (exact) mass is 275 g/mol. The minimum atomic E-state index is -3.54. The molecule has 0 aromatic heterocycles. The SMILES string of the molecule is CC(C#N)S(=O)(=O)N1CCN(CCC(=O)O)CC1. The van der Waals surface area contributed by atoms with Gasteiger partial charge in [-0.3, -0.25) is 4.79 Å². The van der Waals surface area contributed by atoms with E-state index in [1.54, 1.807) is 6.07 Å². The Balaban J connectivity index is 2.49. The van der Waals surface area contributed by atoms with E-state index < -0.39 is 21.2 Å². The topological polar surface area (TPSA) is 102 Å². The van der Waals surface area contributed by atoms with E-state index in [2.05, 4.69) is 0 Å². The van der Waals surface area contributed by atoms with E-state index in [0.29, 0.717) is 32.7 Å². The highest BCUT2D eigenvalue weighted by atomic mass is 32.2. The fourth-order valence-corrected chi connectivity index (χ4v) is 3.00. The molecule has 1 unspecified atom stereocenters. The molecule has 0 spiro atoms. The van der Waals surface area contributed by atoms with Crippen molar-refractivity contribution in [2.45, 2.75) is 18.6 Å². The first kappa shape index (κ1) is 14.9. The van der Waals surface area contributed by atoms with E-state index in [1.807, 2.05) is 4.90 Å². The number of carboxylic acids is 1. The van der Waals surface area contributed by atoms with Crippen molar-refractivity contribution in [2.24, 2.45) is 0 Å². The summed E-state index contributed by atoms with van der Waals surface area (Å²) in [6, 6.07) is 1.73. The lowest BCUT2D eigenvalue weighted by Gasteiger charge is -2.34. The minimum Gasteiger partial charge on any atom is -0.481 e. The Morgan fingerprint density at radius 3 is 2.39 bits per heavy atom. The van der Waals surface area contributed by atoms with Crippen LogP contribution in [-0.4, -0.2) is 66.7 Å². The number of aliphatic carboxylic acids is 1. The predicted octanol–water partition coefficient (Wildman–Crippen LogP) is -0.679. The first-order valence-corrected chi connectivity index (χ1v) is 7.21. The molecule has 1 aliphatic heterocycles. The lowest BCUT2D eigenvalue weighted by atomic mass is 10.3. The van der Waals surface area contributed by atoms with Crippen LogP contribution in [-0.2, 0) is 14.8 Å². The average molecular weight is 275 g/mol. The molecular weight excluding hydrogens is 258 g/mol. The van der Waals surface area contributed by atoms with Gasteiger partial charge in [-0.2, -0.15) is 9.57 Å². The second kappa shape index (κ2) is 6.13. The number of sulfonamides is 1. The molecule has 0 saturated carbocycles. The molecule has 1 atom stereocenters. The molecule has 1 N–H and O–H groups in total. The molecule has 0 aliphatic carbocycles. The van der Waals surface area contributed by atoms with Crippen molar-refractivity contribution in [3.8, 4) is 6.07 Å². The van der Waals surface area contributed by atoms with E-state index in [9.17, 15) is 13.2 Å². The Kier molecular flexibility index (Phi) is 5.07. The number of hydrogen-bond acceptors (Lipinski definition) is 5. The van der Waals surface area contributed by atoms with E-state index in [4.69, 9.17) is 10.4 Å². The standard InChI is InChI=1S/C10H17N3O4S/c1-9(8-11)18(16,17)13-6-4-12(5-7-13)3-2-10(14)15/h9H,2-7H2,1H3,(H,14,15). The third-order valence-corrected chi connectivity index (χ3v) is 5.05. The first-order valence-electron chi connectivity index (χ1n) is 5.70. The number of nitriles is 1. The van der Waals surface area contributed by atoms with E-state index in [0.717, 1.165) is 0 Å². The Morgan fingerprint density at radius 2 is 1.94 bits per heavy atom. The number of piperazine rings is 1. The van der Waals surface area contributed by atoms with Gasteiger partial charge in [0.15, 0.2) is 5.25 Å². The van der Waals surface area contributed by atoms with Crippen LogP contribution in [0.5, 0.6) is 0 Å². The highest BCUT2D eigenvalue weighted by Crippen LogP contribution is 2.12. The van der Waals surface area contributed by atoms with Crippen molar-refractivity contribution in [3.05, 3.63) is 0 Å². The molecule has 18 heavy (non-hydrogen) atoms. The molecule has 1 aliphatic rings. The molecule has 0 radical (unpaired) electrons. The van der Waals surface area contributed by atoms with Gasteiger partial charge < -0.3 is 10.0 Å². The van der Waals surface area contributed by atoms with Crippen LogP contribution in [0, 0.1) is 11.3 Å². The minimum absolute atomic E-state index is 0.0569. The van der Waals surface area contributed by atoms with Crippen molar-refractivity contribution in [1.82, 2.24) is 9.21 Å². The van der Waals surface area contributed by atoms with Gasteiger partial charge in [0.2, 0.25) is 10.0 Å². The predicted molar refractivity (Wildman–Crippen MR) is 64.3 cm³/mol. The van der Waals surface area contributed by atoms with Gasteiger partial charge in [-0.15, -0.1) is 0 Å². The zero-order valence-corrected chi connectivity index (χ0v) is 11.1. The Bertz CT molecular complexity index is 435. The van der Waals surface area contributed by atoms with Crippen LogP contribution in [0.15, 0.2) is 0 Å². The molecule has 102 valence electrons. The number of carbonyl (C=O) groups is 1. The summed E-state index contributed by atoms with van der Waals surface area (Å²) in [5.74, 6) is -0.858. The average Bonchev–Trinajstić information content (AvgIpc) is 2.35. The molecule has 7 nitrogen and oxygen atoms in total. The van der Waals surface area contributed by atoms with Crippen molar-refractivity contribution >= 4 is 16.0 Å². The number of carboxylic acid groups (broad SMARTS) is 1. The van der Waals surface area contributed by atoms with Crippen molar-refractivity contribution in [3.63, 3.8) is 0 Å². The Labute approximate surface area is 107 Å². The largest absolute Gasteiger partial charge is 0.481 e. The van der Waals surface area contributed by atoms with Crippen molar-refractivity contribution in [1.29, 1.82) is 5.26 Å². The number of nitrogens with zero attached hydrogens (tertiary/aromatic N) is 3. The molecule has 1 heterocycles. The molecule has 0 amide bonds. The maximum atomic E-state index is 11.9. The summed E-state index contributed by atoms with van der Waals surface area (Å²) in [5, 5.41) is 16.2. The Morgan fingerprint density at radius 1 is 1.39 bits per heavy atom. The third kappa shape index (κ3) is 3.66. The third-order valence-electron chi connectivity index (χ3n) is 2.96. The van der Waals surface area contributed by atoms with Gasteiger partial charge in [-0.05, 0) is 6.92 Å². The Hall–Kier alpha value is -1.17. The van der Waals surface area contributed by atoms with Gasteiger partial charge in [0.25, 0.3) is 0 Å². The van der Waals surface area contributed by atoms with Crippen molar-refractivity contribution < 1.29 is 18.3 Å². The van der Waals surface area contributed by atoms with Gasteiger partial charge in [-0.25, -0.2) is 8.42 Å². The summed E-state index contributed by atoms with van der Waals surface area (Å²) in [6.45, 7) is 3.43. The quantitative estimate of drug-likeness (QED) is 0.713.